The van der Waals surface area contributed by atoms with Crippen molar-refractivity contribution < 1.29 is 19.2 Å². The summed E-state index contributed by atoms with van der Waals surface area (Å²) in [6, 6.07) is 5.76. The fraction of sp³-hybridized carbons (Fsp3) is 0.393. The highest BCUT2D eigenvalue weighted by molar-refractivity contribution is 7.13. The van der Waals surface area contributed by atoms with Crippen LogP contribution in [0.3, 0.4) is 0 Å². The molecule has 0 bridgehead atoms. The molecule has 1 N–H and O–H groups in total. The van der Waals surface area contributed by atoms with Crippen molar-refractivity contribution in [3.63, 3.8) is 0 Å². The molecule has 5 rings (SSSR count). The summed E-state index contributed by atoms with van der Waals surface area (Å²) in [7, 11) is 0. The van der Waals surface area contributed by atoms with Gasteiger partial charge >= 0.3 is 0 Å². The monoisotopic (exact) mass is 558 g/mol. The summed E-state index contributed by atoms with van der Waals surface area (Å²) in [5.41, 5.74) is 2.31. The number of aromatic nitrogens is 2. The number of ether oxygens (including phenoxy) is 1. The van der Waals surface area contributed by atoms with E-state index in [1.54, 1.807) is 12.2 Å². The molecule has 1 aromatic carbocycles. The van der Waals surface area contributed by atoms with Crippen molar-refractivity contribution in [1.82, 2.24) is 9.53 Å². The van der Waals surface area contributed by atoms with E-state index in [-0.39, 0.29) is 6.10 Å². The van der Waals surface area contributed by atoms with E-state index in [0.29, 0.717) is 65.2 Å². The first kappa shape index (κ1) is 26.3. The smallest absolute Gasteiger partial charge is 0.170 e. The molecule has 0 spiro atoms. The number of allylic oxidation sites excluding steroid dienone is 5. The molecule has 3 aromatic rings. The second kappa shape index (κ2) is 10.8. The van der Waals surface area contributed by atoms with Crippen LogP contribution in [-0.4, -0.2) is 27.0 Å². The lowest BCUT2D eigenvalue weighted by Gasteiger charge is -2.36. The van der Waals surface area contributed by atoms with Crippen LogP contribution in [0.2, 0.25) is 0 Å². The maximum absolute atomic E-state index is 11.5. The predicted octanol–water partition coefficient (Wildman–Crippen LogP) is 7.60. The molecule has 0 unspecified atom stereocenters. The fourth-order valence-corrected chi connectivity index (χ4v) is 6.13. The second-order valence-corrected chi connectivity index (χ2v) is 11.3. The quantitative estimate of drug-likeness (QED) is 0.215. The normalized spacial score (nSPS) is 23.2. The number of carbonyl (C=O) groups excluding carboxylic acids is 1. The van der Waals surface area contributed by atoms with E-state index in [0.717, 1.165) is 46.1 Å². The summed E-state index contributed by atoms with van der Waals surface area (Å²) in [6.07, 6.45) is 8.67. The SMILES string of the molecule is C=C/C(Cl)=C(\C(Cl)=C/C)c1noc(C2CC2)c1CO[C@H]1CC[C@](O)(c2ccc3snc(C=O)c3c2)CC1. The Morgan fingerprint density at radius 3 is 2.70 bits per heavy atom. The molecule has 2 heterocycles. The van der Waals surface area contributed by atoms with Gasteiger partial charge in [0.2, 0.25) is 0 Å². The summed E-state index contributed by atoms with van der Waals surface area (Å²) in [5.74, 6) is 1.17. The zero-order valence-electron chi connectivity index (χ0n) is 20.5. The van der Waals surface area contributed by atoms with Crippen molar-refractivity contribution in [3.05, 3.63) is 75.3 Å². The van der Waals surface area contributed by atoms with Gasteiger partial charge < -0.3 is 14.4 Å². The van der Waals surface area contributed by atoms with Gasteiger partial charge in [0.15, 0.2) is 6.29 Å². The Bertz CT molecular complexity index is 1390. The zero-order chi connectivity index (χ0) is 26.2. The summed E-state index contributed by atoms with van der Waals surface area (Å²) in [6.45, 7) is 5.94. The van der Waals surface area contributed by atoms with E-state index in [4.69, 9.17) is 32.5 Å². The third kappa shape index (κ3) is 5.20. The Morgan fingerprint density at radius 1 is 1.30 bits per heavy atom. The van der Waals surface area contributed by atoms with Gasteiger partial charge in [-0.2, -0.15) is 4.37 Å². The highest BCUT2D eigenvalue weighted by atomic mass is 35.5. The molecule has 2 fully saturated rings. The maximum atomic E-state index is 11.5. The van der Waals surface area contributed by atoms with Crippen LogP contribution in [0.1, 0.15) is 84.4 Å². The highest BCUT2D eigenvalue weighted by Gasteiger charge is 2.37. The van der Waals surface area contributed by atoms with Gasteiger partial charge in [0.1, 0.15) is 17.1 Å². The van der Waals surface area contributed by atoms with Crippen molar-refractivity contribution in [1.29, 1.82) is 0 Å². The number of hydrogen-bond acceptors (Lipinski definition) is 7. The molecule has 0 atom stereocenters. The second-order valence-electron chi connectivity index (χ2n) is 9.65. The number of nitrogens with zero attached hydrogens (tertiary/aromatic N) is 2. The maximum Gasteiger partial charge on any atom is 0.170 e. The molecular weight excluding hydrogens is 531 g/mol. The molecule has 6 nitrogen and oxygen atoms in total. The predicted molar refractivity (Wildman–Crippen MR) is 147 cm³/mol. The average molecular weight is 560 g/mol. The van der Waals surface area contributed by atoms with E-state index in [2.05, 4.69) is 16.1 Å². The molecule has 9 heteroatoms. The van der Waals surface area contributed by atoms with Crippen molar-refractivity contribution >= 4 is 56.7 Å². The number of fused-ring (bicyclic) bond motifs is 1. The molecule has 0 aliphatic heterocycles. The Morgan fingerprint density at radius 2 is 2.05 bits per heavy atom. The third-order valence-corrected chi connectivity index (χ3v) is 8.87. The topological polar surface area (TPSA) is 85.5 Å². The van der Waals surface area contributed by atoms with E-state index in [1.165, 1.54) is 11.5 Å². The lowest BCUT2D eigenvalue weighted by atomic mass is 9.78. The molecule has 0 saturated heterocycles. The summed E-state index contributed by atoms with van der Waals surface area (Å²) in [4.78, 5) is 11.3. The van der Waals surface area contributed by atoms with E-state index >= 15 is 0 Å². The lowest BCUT2D eigenvalue weighted by molar-refractivity contribution is -0.0641. The molecule has 194 valence electrons. The van der Waals surface area contributed by atoms with Crippen molar-refractivity contribution in [3.8, 4) is 0 Å². The van der Waals surface area contributed by atoms with Crippen molar-refractivity contribution in [2.45, 2.75) is 69.7 Å². The Labute approximate surface area is 229 Å². The van der Waals surface area contributed by atoms with E-state index < -0.39 is 5.60 Å². The number of hydrogen-bond donors (Lipinski definition) is 1. The van der Waals surface area contributed by atoms with Crippen LogP contribution in [0.5, 0.6) is 0 Å². The van der Waals surface area contributed by atoms with Crippen molar-refractivity contribution in [2.24, 2.45) is 0 Å². The first-order valence-electron chi connectivity index (χ1n) is 12.4. The number of aldehydes is 1. The van der Waals surface area contributed by atoms with Crippen LogP contribution in [0.4, 0.5) is 0 Å². The average Bonchev–Trinajstić information content (AvgIpc) is 3.55. The lowest BCUT2D eigenvalue weighted by Crippen LogP contribution is -2.34. The Kier molecular flexibility index (Phi) is 7.70. The Hall–Kier alpha value is -2.29. The van der Waals surface area contributed by atoms with E-state index in [9.17, 15) is 9.90 Å². The largest absolute Gasteiger partial charge is 0.385 e. The fourth-order valence-electron chi connectivity index (χ4n) is 4.97. The van der Waals surface area contributed by atoms with Crippen LogP contribution in [0.25, 0.3) is 15.7 Å². The minimum Gasteiger partial charge on any atom is -0.385 e. The molecule has 2 saturated carbocycles. The van der Waals surface area contributed by atoms with Gasteiger partial charge in [0.05, 0.1) is 28.0 Å². The van der Waals surface area contributed by atoms with Gasteiger partial charge in [-0.3, -0.25) is 4.79 Å². The van der Waals surface area contributed by atoms with E-state index in [1.807, 2.05) is 25.1 Å². The van der Waals surface area contributed by atoms with Crippen LogP contribution in [0, 0.1) is 0 Å². The van der Waals surface area contributed by atoms with Crippen LogP contribution < -0.4 is 0 Å². The summed E-state index contributed by atoms with van der Waals surface area (Å²) in [5, 5.41) is 17.5. The molecule has 0 radical (unpaired) electrons. The molecule has 2 aliphatic carbocycles. The number of aliphatic hydroxyl groups is 1. The van der Waals surface area contributed by atoms with Gasteiger partial charge in [0.25, 0.3) is 0 Å². The molecule has 0 amide bonds. The number of halogens is 2. The summed E-state index contributed by atoms with van der Waals surface area (Å²) >= 11 is 14.3. The number of rotatable bonds is 9. The van der Waals surface area contributed by atoms with Gasteiger partial charge in [-0.1, -0.05) is 47.1 Å². The van der Waals surface area contributed by atoms with Crippen LogP contribution in [-0.2, 0) is 16.9 Å². The molecule has 2 aliphatic rings. The first-order valence-corrected chi connectivity index (χ1v) is 13.9. The van der Waals surface area contributed by atoms with Crippen LogP contribution in [0.15, 0.2) is 51.5 Å². The standard InChI is InChI=1S/C28H28Cl2N2O4S/c1-3-21(29)25(22(30)4-2)26-20(27(36-31-26)16-5-6-16)15-35-18-9-11-28(34,12-10-18)17-7-8-24-19(13-17)23(14-33)32-37-24/h3-4,7-8,13-14,16,18,34H,1,5-6,9-12,15H2,2H3/b22-4+,25-21-/t18-,28+. The Balaban J connectivity index is 1.32. The third-order valence-electron chi connectivity index (χ3n) is 7.28. The summed E-state index contributed by atoms with van der Waals surface area (Å²) < 4.78 is 17.2. The van der Waals surface area contributed by atoms with Gasteiger partial charge in [-0.15, -0.1) is 0 Å². The molecular formula is C28H28Cl2N2O4S. The minimum atomic E-state index is -0.968. The van der Waals surface area contributed by atoms with Crippen LogP contribution >= 0.6 is 34.7 Å². The molecule has 2 aromatic heterocycles. The first-order chi connectivity index (χ1) is 17.9. The van der Waals surface area contributed by atoms with Gasteiger partial charge in [0, 0.05) is 27.5 Å². The zero-order valence-corrected chi connectivity index (χ0v) is 22.8. The van der Waals surface area contributed by atoms with Gasteiger partial charge in [-0.05, 0) is 80.8 Å². The molecule has 37 heavy (non-hydrogen) atoms. The number of carbonyl (C=O) groups is 1. The number of benzene rings is 1. The van der Waals surface area contributed by atoms with Gasteiger partial charge in [-0.25, -0.2) is 0 Å². The minimum absolute atomic E-state index is 0.0216. The highest BCUT2D eigenvalue weighted by Crippen LogP contribution is 2.46. The van der Waals surface area contributed by atoms with Crippen molar-refractivity contribution in [2.75, 3.05) is 0 Å².